The SMILES string of the molecule is CCCCCCCNCCCN1C=CN(C)C1C. The van der Waals surface area contributed by atoms with Crippen LogP contribution in [0, 0.1) is 0 Å². The van der Waals surface area contributed by atoms with Gasteiger partial charge in [-0.05, 0) is 32.9 Å². The number of nitrogens with zero attached hydrogens (tertiary/aromatic N) is 2. The number of rotatable bonds is 10. The highest BCUT2D eigenvalue weighted by atomic mass is 15.4. The Morgan fingerprint density at radius 2 is 1.72 bits per heavy atom. The molecule has 1 unspecified atom stereocenters. The van der Waals surface area contributed by atoms with E-state index < -0.39 is 0 Å². The van der Waals surface area contributed by atoms with E-state index in [2.05, 4.69) is 48.4 Å². The summed E-state index contributed by atoms with van der Waals surface area (Å²) in [5, 5.41) is 3.55. The van der Waals surface area contributed by atoms with E-state index in [-0.39, 0.29) is 0 Å². The highest BCUT2D eigenvalue weighted by molar-refractivity contribution is 4.93. The van der Waals surface area contributed by atoms with Gasteiger partial charge in [-0.1, -0.05) is 32.6 Å². The van der Waals surface area contributed by atoms with Crippen molar-refractivity contribution in [3.63, 3.8) is 0 Å². The lowest BCUT2D eigenvalue weighted by Gasteiger charge is -2.26. The maximum atomic E-state index is 3.55. The summed E-state index contributed by atoms with van der Waals surface area (Å²) >= 11 is 0. The van der Waals surface area contributed by atoms with Gasteiger partial charge in [0, 0.05) is 26.0 Å². The number of hydrogen-bond donors (Lipinski definition) is 1. The number of unbranched alkanes of at least 4 members (excludes halogenated alkanes) is 4. The van der Waals surface area contributed by atoms with Crippen LogP contribution in [0.3, 0.4) is 0 Å². The van der Waals surface area contributed by atoms with E-state index in [1.54, 1.807) is 0 Å². The van der Waals surface area contributed by atoms with Gasteiger partial charge < -0.3 is 15.1 Å². The molecule has 0 fully saturated rings. The fourth-order valence-corrected chi connectivity index (χ4v) is 2.30. The molecular formula is C15H31N3. The summed E-state index contributed by atoms with van der Waals surface area (Å²) in [5.41, 5.74) is 0. The van der Waals surface area contributed by atoms with Crippen LogP contribution in [-0.4, -0.2) is 42.6 Å². The maximum absolute atomic E-state index is 3.55. The second kappa shape index (κ2) is 9.26. The van der Waals surface area contributed by atoms with Crippen molar-refractivity contribution in [1.82, 2.24) is 15.1 Å². The van der Waals surface area contributed by atoms with Crippen LogP contribution in [0.5, 0.6) is 0 Å². The van der Waals surface area contributed by atoms with E-state index in [0.717, 1.165) is 13.1 Å². The number of hydrogen-bond acceptors (Lipinski definition) is 3. The van der Waals surface area contributed by atoms with Gasteiger partial charge in [0.2, 0.25) is 0 Å². The third-order valence-electron chi connectivity index (χ3n) is 3.79. The Labute approximate surface area is 113 Å². The Bertz CT molecular complexity index is 228. The summed E-state index contributed by atoms with van der Waals surface area (Å²) in [6.07, 6.45) is 13.0. The van der Waals surface area contributed by atoms with E-state index in [1.807, 2.05) is 0 Å². The van der Waals surface area contributed by atoms with E-state index in [1.165, 1.54) is 45.1 Å². The minimum absolute atomic E-state index is 0.527. The summed E-state index contributed by atoms with van der Waals surface area (Å²) in [6, 6.07) is 0. The van der Waals surface area contributed by atoms with E-state index in [4.69, 9.17) is 0 Å². The first-order valence-corrected chi connectivity index (χ1v) is 7.62. The van der Waals surface area contributed by atoms with Crippen LogP contribution >= 0.6 is 0 Å². The summed E-state index contributed by atoms with van der Waals surface area (Å²) in [6.45, 7) is 8.01. The van der Waals surface area contributed by atoms with Crippen LogP contribution in [0.15, 0.2) is 12.4 Å². The predicted octanol–water partition coefficient (Wildman–Crippen LogP) is 3.00. The van der Waals surface area contributed by atoms with Gasteiger partial charge >= 0.3 is 0 Å². The second-order valence-corrected chi connectivity index (χ2v) is 5.35. The van der Waals surface area contributed by atoms with Crippen LogP contribution in [0.25, 0.3) is 0 Å². The van der Waals surface area contributed by atoms with Gasteiger partial charge in [-0.25, -0.2) is 0 Å². The van der Waals surface area contributed by atoms with Gasteiger partial charge in [0.25, 0.3) is 0 Å². The standard InChI is InChI=1S/C15H31N3/c1-4-5-6-7-8-10-16-11-9-12-18-14-13-17(3)15(18)2/h13-16H,4-12H2,1-3H3. The Kier molecular flexibility index (Phi) is 7.90. The average molecular weight is 253 g/mol. The van der Waals surface area contributed by atoms with Gasteiger partial charge in [0.1, 0.15) is 0 Å². The zero-order valence-corrected chi connectivity index (χ0v) is 12.5. The normalized spacial score (nSPS) is 18.9. The lowest BCUT2D eigenvalue weighted by atomic mass is 10.1. The molecule has 0 aromatic carbocycles. The molecule has 1 aliphatic heterocycles. The maximum Gasteiger partial charge on any atom is 0.0974 e. The van der Waals surface area contributed by atoms with Crippen LogP contribution in [-0.2, 0) is 0 Å². The summed E-state index contributed by atoms with van der Waals surface area (Å²) in [7, 11) is 2.13. The Balaban J connectivity index is 1.86. The van der Waals surface area contributed by atoms with Crippen LogP contribution in [0.2, 0.25) is 0 Å². The first-order chi connectivity index (χ1) is 8.75. The predicted molar refractivity (Wildman–Crippen MR) is 79.3 cm³/mol. The Morgan fingerprint density at radius 3 is 2.39 bits per heavy atom. The van der Waals surface area contributed by atoms with Crippen molar-refractivity contribution < 1.29 is 0 Å². The molecule has 3 nitrogen and oxygen atoms in total. The molecule has 1 rings (SSSR count). The lowest BCUT2D eigenvalue weighted by molar-refractivity contribution is 0.193. The van der Waals surface area contributed by atoms with Gasteiger partial charge in [-0.15, -0.1) is 0 Å². The van der Waals surface area contributed by atoms with E-state index in [0.29, 0.717) is 6.17 Å². The Morgan fingerprint density at radius 1 is 1.00 bits per heavy atom. The molecule has 3 heteroatoms. The smallest absolute Gasteiger partial charge is 0.0974 e. The minimum atomic E-state index is 0.527. The van der Waals surface area contributed by atoms with Crippen molar-refractivity contribution in [2.24, 2.45) is 0 Å². The zero-order chi connectivity index (χ0) is 13.2. The molecule has 0 aliphatic carbocycles. The van der Waals surface area contributed by atoms with Crippen molar-refractivity contribution in [3.8, 4) is 0 Å². The third kappa shape index (κ3) is 5.76. The first-order valence-electron chi connectivity index (χ1n) is 7.62. The number of nitrogens with one attached hydrogen (secondary N) is 1. The highest BCUT2D eigenvalue weighted by Crippen LogP contribution is 2.12. The molecule has 0 saturated carbocycles. The van der Waals surface area contributed by atoms with E-state index in [9.17, 15) is 0 Å². The molecule has 1 atom stereocenters. The quantitative estimate of drug-likeness (QED) is 0.604. The topological polar surface area (TPSA) is 18.5 Å². The summed E-state index contributed by atoms with van der Waals surface area (Å²) < 4.78 is 0. The third-order valence-corrected chi connectivity index (χ3v) is 3.79. The van der Waals surface area contributed by atoms with Crippen molar-refractivity contribution in [2.45, 2.75) is 58.5 Å². The molecule has 0 radical (unpaired) electrons. The summed E-state index contributed by atoms with van der Waals surface area (Å²) in [5.74, 6) is 0. The van der Waals surface area contributed by atoms with Crippen molar-refractivity contribution >= 4 is 0 Å². The molecule has 1 heterocycles. The molecule has 0 spiro atoms. The summed E-state index contributed by atoms with van der Waals surface area (Å²) in [4.78, 5) is 4.66. The first kappa shape index (κ1) is 15.4. The monoisotopic (exact) mass is 253 g/mol. The molecule has 18 heavy (non-hydrogen) atoms. The molecule has 0 aromatic heterocycles. The van der Waals surface area contributed by atoms with Crippen molar-refractivity contribution in [3.05, 3.63) is 12.4 Å². The van der Waals surface area contributed by atoms with Gasteiger partial charge in [0.05, 0.1) is 6.17 Å². The van der Waals surface area contributed by atoms with Gasteiger partial charge in [-0.3, -0.25) is 0 Å². The molecule has 106 valence electrons. The molecular weight excluding hydrogens is 222 g/mol. The minimum Gasteiger partial charge on any atom is -0.359 e. The molecule has 1 aliphatic rings. The van der Waals surface area contributed by atoms with E-state index >= 15 is 0 Å². The molecule has 0 saturated heterocycles. The van der Waals surface area contributed by atoms with Crippen LogP contribution in [0.1, 0.15) is 52.4 Å². The van der Waals surface area contributed by atoms with Gasteiger partial charge in [0.15, 0.2) is 0 Å². The lowest BCUT2D eigenvalue weighted by Crippen LogP contribution is -2.35. The van der Waals surface area contributed by atoms with Crippen molar-refractivity contribution in [2.75, 3.05) is 26.7 Å². The second-order valence-electron chi connectivity index (χ2n) is 5.35. The average Bonchev–Trinajstić information content (AvgIpc) is 2.68. The fraction of sp³-hybridized carbons (Fsp3) is 0.867. The van der Waals surface area contributed by atoms with Crippen LogP contribution in [0.4, 0.5) is 0 Å². The molecule has 0 bridgehead atoms. The largest absolute Gasteiger partial charge is 0.359 e. The zero-order valence-electron chi connectivity index (χ0n) is 12.5. The Hall–Kier alpha value is -0.700. The van der Waals surface area contributed by atoms with Crippen molar-refractivity contribution in [1.29, 1.82) is 0 Å². The molecule has 0 amide bonds. The molecule has 1 N–H and O–H groups in total. The van der Waals surface area contributed by atoms with Gasteiger partial charge in [-0.2, -0.15) is 0 Å². The molecule has 0 aromatic rings. The fourth-order valence-electron chi connectivity index (χ4n) is 2.30. The highest BCUT2D eigenvalue weighted by Gasteiger charge is 2.17. The van der Waals surface area contributed by atoms with Crippen LogP contribution < -0.4 is 5.32 Å².